The fraction of sp³-hybridized carbons (Fsp3) is 0.800. The zero-order chi connectivity index (χ0) is 14.3. The van der Waals surface area contributed by atoms with Crippen molar-refractivity contribution in [1.29, 1.82) is 0 Å². The van der Waals surface area contributed by atoms with Crippen LogP contribution in [0.25, 0.3) is 0 Å². The predicted molar refractivity (Wildman–Crippen MR) is 71.6 cm³/mol. The van der Waals surface area contributed by atoms with E-state index in [2.05, 4.69) is 6.92 Å². The Morgan fingerprint density at radius 2 is 2.21 bits per heavy atom. The predicted octanol–water partition coefficient (Wildman–Crippen LogP) is 1.96. The van der Waals surface area contributed by atoms with Crippen LogP contribution in [0.2, 0.25) is 0 Å². The number of aliphatic hydroxyl groups is 2. The minimum absolute atomic E-state index is 0.0566. The lowest BCUT2D eigenvalue weighted by molar-refractivity contribution is -0.132. The SMILES string of the molecule is CC(O)(CO)C1CCC2(C)CC=C(C(=O)O)CCC12. The number of fused-ring (bicyclic) bond motifs is 1. The van der Waals surface area contributed by atoms with Crippen LogP contribution in [-0.2, 0) is 4.79 Å². The molecule has 4 heteroatoms. The summed E-state index contributed by atoms with van der Waals surface area (Å²) in [7, 11) is 0. The van der Waals surface area contributed by atoms with Gasteiger partial charge in [0.15, 0.2) is 0 Å². The molecule has 4 unspecified atom stereocenters. The number of carboxylic acid groups (broad SMARTS) is 1. The van der Waals surface area contributed by atoms with Gasteiger partial charge >= 0.3 is 5.97 Å². The van der Waals surface area contributed by atoms with Crippen molar-refractivity contribution in [3.05, 3.63) is 11.6 Å². The number of allylic oxidation sites excluding steroid dienone is 1. The minimum Gasteiger partial charge on any atom is -0.478 e. The van der Waals surface area contributed by atoms with Gasteiger partial charge in [-0.15, -0.1) is 0 Å². The maximum atomic E-state index is 11.1. The van der Waals surface area contributed by atoms with Crippen molar-refractivity contribution >= 4 is 5.97 Å². The van der Waals surface area contributed by atoms with Crippen LogP contribution in [0, 0.1) is 17.3 Å². The number of rotatable bonds is 3. The summed E-state index contributed by atoms with van der Waals surface area (Å²) in [6.07, 6.45) is 5.87. The zero-order valence-electron chi connectivity index (χ0n) is 11.7. The second-order valence-electron chi connectivity index (χ2n) is 6.70. The largest absolute Gasteiger partial charge is 0.478 e. The lowest BCUT2D eigenvalue weighted by Crippen LogP contribution is -2.42. The van der Waals surface area contributed by atoms with Gasteiger partial charge in [0.2, 0.25) is 0 Å². The molecule has 0 radical (unpaired) electrons. The monoisotopic (exact) mass is 268 g/mol. The lowest BCUT2D eigenvalue weighted by Gasteiger charge is -2.38. The van der Waals surface area contributed by atoms with Crippen molar-refractivity contribution in [1.82, 2.24) is 0 Å². The smallest absolute Gasteiger partial charge is 0.331 e. The van der Waals surface area contributed by atoms with E-state index in [1.54, 1.807) is 6.92 Å². The molecule has 19 heavy (non-hydrogen) atoms. The molecule has 0 aromatic rings. The number of carboxylic acids is 1. The van der Waals surface area contributed by atoms with Gasteiger partial charge in [0, 0.05) is 5.57 Å². The van der Waals surface area contributed by atoms with E-state index in [0.29, 0.717) is 12.0 Å². The molecule has 0 aromatic carbocycles. The first-order valence-electron chi connectivity index (χ1n) is 7.06. The number of hydrogen-bond donors (Lipinski definition) is 3. The molecule has 0 aliphatic heterocycles. The average Bonchev–Trinajstić information content (AvgIpc) is 2.58. The van der Waals surface area contributed by atoms with Crippen molar-refractivity contribution in [2.75, 3.05) is 6.61 Å². The maximum absolute atomic E-state index is 11.1. The molecule has 4 atom stereocenters. The molecule has 1 saturated carbocycles. The molecular weight excluding hydrogens is 244 g/mol. The Bertz CT molecular complexity index is 399. The maximum Gasteiger partial charge on any atom is 0.331 e. The number of carbonyl (C=O) groups is 1. The van der Waals surface area contributed by atoms with Crippen molar-refractivity contribution in [3.63, 3.8) is 0 Å². The third kappa shape index (κ3) is 2.56. The normalized spacial score (nSPS) is 38.0. The van der Waals surface area contributed by atoms with Gasteiger partial charge in [-0.1, -0.05) is 13.0 Å². The van der Waals surface area contributed by atoms with Gasteiger partial charge in [-0.3, -0.25) is 0 Å². The van der Waals surface area contributed by atoms with Crippen LogP contribution in [0.3, 0.4) is 0 Å². The van der Waals surface area contributed by atoms with Crippen LogP contribution in [0.4, 0.5) is 0 Å². The van der Waals surface area contributed by atoms with E-state index in [9.17, 15) is 15.0 Å². The zero-order valence-corrected chi connectivity index (χ0v) is 11.7. The molecule has 0 amide bonds. The number of aliphatic hydroxyl groups excluding tert-OH is 1. The molecule has 0 bridgehead atoms. The summed E-state index contributed by atoms with van der Waals surface area (Å²) in [5, 5.41) is 28.9. The van der Waals surface area contributed by atoms with E-state index in [0.717, 1.165) is 25.7 Å². The van der Waals surface area contributed by atoms with Crippen LogP contribution in [0.5, 0.6) is 0 Å². The summed E-state index contributed by atoms with van der Waals surface area (Å²) in [6, 6.07) is 0. The molecule has 0 heterocycles. The Morgan fingerprint density at radius 1 is 1.53 bits per heavy atom. The highest BCUT2D eigenvalue weighted by molar-refractivity contribution is 5.86. The molecule has 2 aliphatic rings. The average molecular weight is 268 g/mol. The van der Waals surface area contributed by atoms with Crippen LogP contribution in [0.1, 0.15) is 46.0 Å². The van der Waals surface area contributed by atoms with E-state index in [1.807, 2.05) is 6.08 Å². The van der Waals surface area contributed by atoms with Crippen molar-refractivity contribution in [2.24, 2.45) is 17.3 Å². The van der Waals surface area contributed by atoms with Gasteiger partial charge in [-0.05, 0) is 56.3 Å². The summed E-state index contributed by atoms with van der Waals surface area (Å²) >= 11 is 0. The quantitative estimate of drug-likeness (QED) is 0.731. The first kappa shape index (κ1) is 14.5. The van der Waals surface area contributed by atoms with Gasteiger partial charge in [-0.2, -0.15) is 0 Å². The highest BCUT2D eigenvalue weighted by atomic mass is 16.4. The van der Waals surface area contributed by atoms with E-state index < -0.39 is 11.6 Å². The summed E-state index contributed by atoms with van der Waals surface area (Å²) in [5.74, 6) is -0.485. The highest BCUT2D eigenvalue weighted by Gasteiger charge is 2.51. The minimum atomic E-state index is -1.06. The second-order valence-corrected chi connectivity index (χ2v) is 6.70. The third-order valence-corrected chi connectivity index (χ3v) is 5.34. The van der Waals surface area contributed by atoms with Gasteiger partial charge in [0.25, 0.3) is 0 Å². The third-order valence-electron chi connectivity index (χ3n) is 5.34. The van der Waals surface area contributed by atoms with Gasteiger partial charge in [0.05, 0.1) is 12.2 Å². The first-order valence-corrected chi connectivity index (χ1v) is 7.06. The van der Waals surface area contributed by atoms with Crippen LogP contribution in [0.15, 0.2) is 11.6 Å². The van der Waals surface area contributed by atoms with E-state index >= 15 is 0 Å². The van der Waals surface area contributed by atoms with Gasteiger partial charge < -0.3 is 15.3 Å². The molecule has 108 valence electrons. The molecule has 3 N–H and O–H groups in total. The van der Waals surface area contributed by atoms with E-state index in [1.165, 1.54) is 0 Å². The Labute approximate surface area is 114 Å². The van der Waals surface area contributed by atoms with Crippen molar-refractivity contribution in [2.45, 2.75) is 51.6 Å². The lowest BCUT2D eigenvalue weighted by atomic mass is 9.70. The van der Waals surface area contributed by atoms with Gasteiger partial charge in [-0.25, -0.2) is 4.79 Å². The molecule has 0 spiro atoms. The Kier molecular flexibility index (Phi) is 3.76. The summed E-state index contributed by atoms with van der Waals surface area (Å²) < 4.78 is 0. The van der Waals surface area contributed by atoms with E-state index in [4.69, 9.17) is 5.11 Å². The Morgan fingerprint density at radius 3 is 2.79 bits per heavy atom. The van der Waals surface area contributed by atoms with Gasteiger partial charge in [0.1, 0.15) is 0 Å². The molecule has 4 nitrogen and oxygen atoms in total. The summed E-state index contributed by atoms with van der Waals surface area (Å²) in [4.78, 5) is 11.1. The molecule has 0 saturated heterocycles. The Balaban J connectivity index is 2.22. The fourth-order valence-electron chi connectivity index (χ4n) is 3.99. The highest BCUT2D eigenvalue weighted by Crippen LogP contribution is 2.55. The topological polar surface area (TPSA) is 77.8 Å². The molecule has 1 fully saturated rings. The molecule has 2 aliphatic carbocycles. The van der Waals surface area contributed by atoms with Crippen molar-refractivity contribution < 1.29 is 20.1 Å². The van der Waals surface area contributed by atoms with Crippen molar-refractivity contribution in [3.8, 4) is 0 Å². The summed E-state index contributed by atoms with van der Waals surface area (Å²) in [6.45, 7) is 3.65. The fourth-order valence-corrected chi connectivity index (χ4v) is 3.99. The second kappa shape index (κ2) is 4.91. The van der Waals surface area contributed by atoms with Crippen LogP contribution >= 0.6 is 0 Å². The molecular formula is C15H24O4. The number of aliphatic carboxylic acids is 1. The Hall–Kier alpha value is -0.870. The standard InChI is InChI=1S/C15H24O4/c1-14-7-5-10(13(17)18)3-4-11(14)12(6-8-14)15(2,19)9-16/h5,11-12,16,19H,3-4,6-9H2,1-2H3,(H,17,18). The van der Waals surface area contributed by atoms with E-state index in [-0.39, 0.29) is 23.9 Å². The molecule has 2 rings (SSSR count). The number of hydrogen-bond acceptors (Lipinski definition) is 3. The first-order chi connectivity index (χ1) is 8.80. The van der Waals surface area contributed by atoms with Crippen LogP contribution < -0.4 is 0 Å². The summed E-state index contributed by atoms with van der Waals surface area (Å²) in [5.41, 5.74) is -0.505. The van der Waals surface area contributed by atoms with Crippen LogP contribution in [-0.4, -0.2) is 33.5 Å². The molecule has 0 aromatic heterocycles.